The number of hydrogen-bond donors (Lipinski definition) is 0. The van der Waals surface area contributed by atoms with E-state index in [4.69, 9.17) is 4.18 Å². The highest BCUT2D eigenvalue weighted by Crippen LogP contribution is 2.22. The molecule has 0 saturated carbocycles. The summed E-state index contributed by atoms with van der Waals surface area (Å²) in [5, 5.41) is 3.64. The molecule has 6 heteroatoms. The van der Waals surface area contributed by atoms with E-state index in [9.17, 15) is 8.42 Å². The molecule has 1 aromatic heterocycles. The van der Waals surface area contributed by atoms with Crippen molar-refractivity contribution in [3.8, 4) is 0 Å². The first-order valence-corrected chi connectivity index (χ1v) is 6.80. The fourth-order valence-electron chi connectivity index (χ4n) is 1.43. The fraction of sp³-hybridized carbons (Fsp3) is 0.250. The summed E-state index contributed by atoms with van der Waals surface area (Å²) in [5.41, 5.74) is 1.42. The average molecular weight is 267 g/mol. The smallest absolute Gasteiger partial charge is 0.297 e. The van der Waals surface area contributed by atoms with Gasteiger partial charge in [-0.05, 0) is 26.0 Å². The minimum atomic E-state index is -3.78. The summed E-state index contributed by atoms with van der Waals surface area (Å²) >= 11 is 0. The van der Waals surface area contributed by atoms with Gasteiger partial charge in [-0.25, -0.2) is 0 Å². The Labute approximate surface area is 105 Å². The standard InChI is InChI=1S/C12H13NO4S/c1-9-3-5-11(6-4-9)18(14,15)17-10(2)12-7-8-16-13-12/h3-8,10H,1-2H3. The number of benzene rings is 1. The summed E-state index contributed by atoms with van der Waals surface area (Å²) in [7, 11) is -3.78. The predicted molar refractivity (Wildman–Crippen MR) is 64.4 cm³/mol. The molecule has 0 amide bonds. The topological polar surface area (TPSA) is 69.4 Å². The molecule has 0 N–H and O–H groups in total. The molecule has 1 heterocycles. The molecule has 96 valence electrons. The van der Waals surface area contributed by atoms with E-state index in [1.165, 1.54) is 18.4 Å². The van der Waals surface area contributed by atoms with Crippen molar-refractivity contribution in [2.45, 2.75) is 24.8 Å². The van der Waals surface area contributed by atoms with Crippen LogP contribution in [0.1, 0.15) is 24.3 Å². The molecule has 0 spiro atoms. The highest BCUT2D eigenvalue weighted by molar-refractivity contribution is 7.86. The third-order valence-corrected chi connectivity index (χ3v) is 3.85. The van der Waals surface area contributed by atoms with Crippen LogP contribution >= 0.6 is 0 Å². The van der Waals surface area contributed by atoms with Gasteiger partial charge < -0.3 is 4.52 Å². The van der Waals surface area contributed by atoms with Crippen LogP contribution in [0.3, 0.4) is 0 Å². The highest BCUT2D eigenvalue weighted by atomic mass is 32.2. The van der Waals surface area contributed by atoms with Gasteiger partial charge in [0.05, 0.1) is 4.90 Å². The van der Waals surface area contributed by atoms with Crippen molar-refractivity contribution in [2.75, 3.05) is 0 Å². The van der Waals surface area contributed by atoms with Crippen molar-refractivity contribution >= 4 is 10.1 Å². The molecular weight excluding hydrogens is 254 g/mol. The zero-order valence-electron chi connectivity index (χ0n) is 10.0. The quantitative estimate of drug-likeness (QED) is 0.796. The van der Waals surface area contributed by atoms with Crippen molar-refractivity contribution < 1.29 is 17.1 Å². The number of aryl methyl sites for hydroxylation is 1. The van der Waals surface area contributed by atoms with Gasteiger partial charge in [-0.2, -0.15) is 8.42 Å². The number of aromatic nitrogens is 1. The summed E-state index contributed by atoms with van der Waals surface area (Å²) in [5.74, 6) is 0. The van der Waals surface area contributed by atoms with Crippen LogP contribution in [0, 0.1) is 6.92 Å². The van der Waals surface area contributed by atoms with E-state index in [1.807, 2.05) is 6.92 Å². The maximum absolute atomic E-state index is 12.0. The molecule has 5 nitrogen and oxygen atoms in total. The Morgan fingerprint density at radius 2 is 1.89 bits per heavy atom. The van der Waals surface area contributed by atoms with Crippen molar-refractivity contribution in [1.29, 1.82) is 0 Å². The minimum Gasteiger partial charge on any atom is -0.364 e. The zero-order chi connectivity index (χ0) is 13.2. The molecule has 0 aliphatic rings. The molecule has 1 atom stereocenters. The van der Waals surface area contributed by atoms with Crippen LogP contribution in [-0.4, -0.2) is 13.6 Å². The van der Waals surface area contributed by atoms with Crippen molar-refractivity contribution in [2.24, 2.45) is 0 Å². The van der Waals surface area contributed by atoms with E-state index in [-0.39, 0.29) is 4.90 Å². The Balaban J connectivity index is 2.20. The van der Waals surface area contributed by atoms with E-state index in [2.05, 4.69) is 9.68 Å². The Morgan fingerprint density at radius 1 is 1.22 bits per heavy atom. The van der Waals surface area contributed by atoms with Gasteiger partial charge in [0.15, 0.2) is 0 Å². The van der Waals surface area contributed by atoms with Crippen LogP contribution in [0.4, 0.5) is 0 Å². The Morgan fingerprint density at radius 3 is 2.44 bits per heavy atom. The van der Waals surface area contributed by atoms with Gasteiger partial charge >= 0.3 is 0 Å². The van der Waals surface area contributed by atoms with E-state index in [0.29, 0.717) is 5.69 Å². The van der Waals surface area contributed by atoms with Crippen LogP contribution < -0.4 is 0 Å². The summed E-state index contributed by atoms with van der Waals surface area (Å²) in [6.07, 6.45) is 0.684. The summed E-state index contributed by atoms with van der Waals surface area (Å²) < 4.78 is 33.6. The monoisotopic (exact) mass is 267 g/mol. The van der Waals surface area contributed by atoms with Crippen molar-refractivity contribution in [3.63, 3.8) is 0 Å². The summed E-state index contributed by atoms with van der Waals surface area (Å²) in [6, 6.07) is 8.03. The normalized spacial score (nSPS) is 13.4. The van der Waals surface area contributed by atoms with E-state index >= 15 is 0 Å². The lowest BCUT2D eigenvalue weighted by Crippen LogP contribution is -2.10. The molecule has 1 aromatic carbocycles. The van der Waals surface area contributed by atoms with E-state index in [0.717, 1.165) is 5.56 Å². The molecule has 0 radical (unpaired) electrons. The van der Waals surface area contributed by atoms with Gasteiger partial charge in [-0.15, -0.1) is 0 Å². The Hall–Kier alpha value is -1.66. The molecule has 18 heavy (non-hydrogen) atoms. The van der Waals surface area contributed by atoms with Gasteiger partial charge in [0.2, 0.25) is 0 Å². The van der Waals surface area contributed by atoms with Crippen LogP contribution in [0.25, 0.3) is 0 Å². The van der Waals surface area contributed by atoms with Crippen molar-refractivity contribution in [1.82, 2.24) is 5.16 Å². The largest absolute Gasteiger partial charge is 0.364 e. The van der Waals surface area contributed by atoms with Crippen LogP contribution in [0.5, 0.6) is 0 Å². The van der Waals surface area contributed by atoms with Gasteiger partial charge in [-0.1, -0.05) is 22.9 Å². The first-order valence-electron chi connectivity index (χ1n) is 5.39. The van der Waals surface area contributed by atoms with Gasteiger partial charge in [0.25, 0.3) is 10.1 Å². The van der Waals surface area contributed by atoms with Gasteiger partial charge in [0.1, 0.15) is 18.1 Å². The summed E-state index contributed by atoms with van der Waals surface area (Å²) in [4.78, 5) is 0.128. The third kappa shape index (κ3) is 2.77. The molecule has 0 aliphatic heterocycles. The first-order chi connectivity index (χ1) is 8.49. The van der Waals surface area contributed by atoms with Gasteiger partial charge in [0, 0.05) is 6.07 Å². The van der Waals surface area contributed by atoms with Crippen LogP contribution in [0.2, 0.25) is 0 Å². The highest BCUT2D eigenvalue weighted by Gasteiger charge is 2.21. The lowest BCUT2D eigenvalue weighted by Gasteiger charge is -2.10. The predicted octanol–water partition coefficient (Wildman–Crippen LogP) is 2.45. The fourth-order valence-corrected chi connectivity index (χ4v) is 2.49. The van der Waals surface area contributed by atoms with Crippen LogP contribution in [-0.2, 0) is 14.3 Å². The van der Waals surface area contributed by atoms with E-state index in [1.54, 1.807) is 25.1 Å². The number of hydrogen-bond acceptors (Lipinski definition) is 5. The minimum absolute atomic E-state index is 0.128. The molecule has 0 saturated heterocycles. The number of nitrogens with zero attached hydrogens (tertiary/aromatic N) is 1. The second-order valence-corrected chi connectivity index (χ2v) is 5.50. The van der Waals surface area contributed by atoms with E-state index < -0.39 is 16.2 Å². The third-order valence-electron chi connectivity index (χ3n) is 2.45. The molecule has 0 bridgehead atoms. The number of rotatable bonds is 4. The van der Waals surface area contributed by atoms with Crippen molar-refractivity contribution in [3.05, 3.63) is 47.9 Å². The first kappa shape index (κ1) is 12.8. The molecule has 1 unspecified atom stereocenters. The average Bonchev–Trinajstić information content (AvgIpc) is 2.82. The molecule has 0 aliphatic carbocycles. The molecule has 2 rings (SSSR count). The molecular formula is C12H13NO4S. The lowest BCUT2D eigenvalue weighted by atomic mass is 10.2. The molecule has 0 fully saturated rings. The lowest BCUT2D eigenvalue weighted by molar-refractivity contribution is 0.221. The van der Waals surface area contributed by atoms with Gasteiger partial charge in [-0.3, -0.25) is 4.18 Å². The maximum Gasteiger partial charge on any atom is 0.297 e. The maximum atomic E-state index is 12.0. The summed E-state index contributed by atoms with van der Waals surface area (Å²) in [6.45, 7) is 3.48. The Bertz CT molecular complexity index is 602. The Kier molecular flexibility index (Phi) is 3.49. The second kappa shape index (κ2) is 4.91. The molecule has 2 aromatic rings. The zero-order valence-corrected chi connectivity index (χ0v) is 10.8. The van der Waals surface area contributed by atoms with Crippen LogP contribution in [0.15, 0.2) is 46.0 Å². The SMILES string of the molecule is Cc1ccc(S(=O)(=O)OC(C)c2ccon2)cc1. The second-order valence-electron chi connectivity index (χ2n) is 3.93.